The van der Waals surface area contributed by atoms with Crippen molar-refractivity contribution < 1.29 is 9.59 Å². The highest BCUT2D eigenvalue weighted by Gasteiger charge is 2.20. The molecule has 7 heteroatoms. The molecule has 1 aliphatic rings. The third kappa shape index (κ3) is 4.52. The molecule has 0 aliphatic carbocycles. The van der Waals surface area contributed by atoms with Crippen LogP contribution >= 0.6 is 0 Å². The Balaban J connectivity index is 1.47. The molecule has 0 saturated carbocycles. The van der Waals surface area contributed by atoms with Gasteiger partial charge in [0.2, 0.25) is 0 Å². The molecule has 30 heavy (non-hydrogen) atoms. The zero-order valence-electron chi connectivity index (χ0n) is 16.8. The number of likely N-dealkylation sites (N-methyl/N-ethyl adjacent to an activating group) is 1. The molecule has 1 aromatic heterocycles. The van der Waals surface area contributed by atoms with Crippen molar-refractivity contribution >= 4 is 17.5 Å². The van der Waals surface area contributed by atoms with Crippen LogP contribution in [0.3, 0.4) is 0 Å². The van der Waals surface area contributed by atoms with Crippen LogP contribution in [0.1, 0.15) is 20.8 Å². The van der Waals surface area contributed by atoms with Crippen LogP contribution in [0.2, 0.25) is 0 Å². The van der Waals surface area contributed by atoms with Crippen molar-refractivity contribution in [2.45, 2.75) is 0 Å². The second-order valence-electron chi connectivity index (χ2n) is 7.28. The Hall–Kier alpha value is -3.58. The number of hydrogen-bond acceptors (Lipinski definition) is 5. The Morgan fingerprint density at radius 2 is 1.60 bits per heavy atom. The van der Waals surface area contributed by atoms with E-state index in [1.165, 1.54) is 6.20 Å². The van der Waals surface area contributed by atoms with Gasteiger partial charge in [-0.2, -0.15) is 0 Å². The summed E-state index contributed by atoms with van der Waals surface area (Å²) < 4.78 is 0. The zero-order chi connectivity index (χ0) is 20.9. The highest BCUT2D eigenvalue weighted by atomic mass is 16.2. The maximum absolute atomic E-state index is 12.7. The predicted molar refractivity (Wildman–Crippen MR) is 115 cm³/mol. The standard InChI is InChI=1S/C23H23N5O2/c1-27-11-13-28(14-12-27)23(30)18-9-7-17(8-10-18)20-15-24-16-21(26-20)22(29)25-19-5-3-2-4-6-19/h2-10,15-16H,11-14H2,1H3,(H,25,29). The monoisotopic (exact) mass is 401 g/mol. The number of benzene rings is 2. The molecule has 3 aromatic rings. The Labute approximate surface area is 175 Å². The molecule has 1 N–H and O–H groups in total. The Morgan fingerprint density at radius 3 is 2.30 bits per heavy atom. The summed E-state index contributed by atoms with van der Waals surface area (Å²) in [5, 5.41) is 2.81. The summed E-state index contributed by atoms with van der Waals surface area (Å²) in [6.07, 6.45) is 3.05. The third-order valence-electron chi connectivity index (χ3n) is 5.12. The van der Waals surface area contributed by atoms with Crippen LogP contribution in [-0.4, -0.2) is 64.8 Å². The number of carbonyl (C=O) groups excluding carboxylic acids is 2. The summed E-state index contributed by atoms with van der Waals surface area (Å²) >= 11 is 0. The lowest BCUT2D eigenvalue weighted by Crippen LogP contribution is -2.47. The number of hydrogen-bond donors (Lipinski definition) is 1. The molecule has 0 bridgehead atoms. The number of nitrogens with zero attached hydrogens (tertiary/aromatic N) is 4. The normalized spacial score (nSPS) is 14.4. The molecule has 0 unspecified atom stereocenters. The van der Waals surface area contributed by atoms with Gasteiger partial charge in [0, 0.05) is 43.0 Å². The van der Waals surface area contributed by atoms with Gasteiger partial charge in [-0.3, -0.25) is 14.6 Å². The number of rotatable bonds is 4. The van der Waals surface area contributed by atoms with E-state index in [-0.39, 0.29) is 17.5 Å². The van der Waals surface area contributed by atoms with Gasteiger partial charge in [0.15, 0.2) is 0 Å². The lowest BCUT2D eigenvalue weighted by Gasteiger charge is -2.32. The number of para-hydroxylation sites is 1. The van der Waals surface area contributed by atoms with Crippen molar-refractivity contribution in [1.29, 1.82) is 0 Å². The quantitative estimate of drug-likeness (QED) is 0.727. The lowest BCUT2D eigenvalue weighted by molar-refractivity contribution is 0.0664. The molecule has 2 heterocycles. The van der Waals surface area contributed by atoms with Crippen LogP contribution in [0.15, 0.2) is 67.0 Å². The Morgan fingerprint density at radius 1 is 0.900 bits per heavy atom. The molecule has 1 aliphatic heterocycles. The number of anilines is 1. The Bertz CT molecular complexity index is 1030. The minimum Gasteiger partial charge on any atom is -0.336 e. The van der Waals surface area contributed by atoms with Crippen molar-refractivity contribution in [2.75, 3.05) is 38.5 Å². The molecule has 1 fully saturated rings. The number of piperazine rings is 1. The van der Waals surface area contributed by atoms with Crippen molar-refractivity contribution in [2.24, 2.45) is 0 Å². The smallest absolute Gasteiger partial charge is 0.275 e. The summed E-state index contributed by atoms with van der Waals surface area (Å²) in [6, 6.07) is 16.5. The fraction of sp³-hybridized carbons (Fsp3) is 0.217. The molecule has 2 amide bonds. The summed E-state index contributed by atoms with van der Waals surface area (Å²) in [4.78, 5) is 37.9. The van der Waals surface area contributed by atoms with Gasteiger partial charge in [0.25, 0.3) is 11.8 Å². The zero-order valence-corrected chi connectivity index (χ0v) is 16.8. The van der Waals surface area contributed by atoms with E-state index in [0.29, 0.717) is 16.9 Å². The van der Waals surface area contributed by atoms with Gasteiger partial charge in [-0.05, 0) is 31.3 Å². The number of aromatic nitrogens is 2. The maximum Gasteiger partial charge on any atom is 0.275 e. The fourth-order valence-electron chi connectivity index (χ4n) is 3.31. The van der Waals surface area contributed by atoms with Crippen molar-refractivity contribution in [3.8, 4) is 11.3 Å². The Kier molecular flexibility index (Phi) is 5.81. The minimum absolute atomic E-state index is 0.0386. The van der Waals surface area contributed by atoms with E-state index < -0.39 is 0 Å². The van der Waals surface area contributed by atoms with Crippen LogP contribution < -0.4 is 5.32 Å². The maximum atomic E-state index is 12.7. The molecule has 2 aromatic carbocycles. The van der Waals surface area contributed by atoms with E-state index in [2.05, 4.69) is 27.2 Å². The summed E-state index contributed by atoms with van der Waals surface area (Å²) in [7, 11) is 2.06. The first-order valence-electron chi connectivity index (χ1n) is 9.87. The molecule has 7 nitrogen and oxygen atoms in total. The van der Waals surface area contributed by atoms with E-state index in [4.69, 9.17) is 0 Å². The first kappa shape index (κ1) is 19.7. The molecule has 4 rings (SSSR count). The average Bonchev–Trinajstić information content (AvgIpc) is 2.80. The second-order valence-corrected chi connectivity index (χ2v) is 7.28. The van der Waals surface area contributed by atoms with Crippen LogP contribution in [0, 0.1) is 0 Å². The van der Waals surface area contributed by atoms with Crippen LogP contribution in [0.5, 0.6) is 0 Å². The molecule has 0 atom stereocenters. The van der Waals surface area contributed by atoms with Gasteiger partial charge in [0.1, 0.15) is 5.69 Å². The molecule has 0 radical (unpaired) electrons. The van der Waals surface area contributed by atoms with Crippen molar-refractivity contribution in [1.82, 2.24) is 19.8 Å². The van der Waals surface area contributed by atoms with E-state index in [9.17, 15) is 9.59 Å². The fourth-order valence-corrected chi connectivity index (χ4v) is 3.31. The average molecular weight is 401 g/mol. The molecular weight excluding hydrogens is 378 g/mol. The van der Waals surface area contributed by atoms with Gasteiger partial charge < -0.3 is 15.1 Å². The van der Waals surface area contributed by atoms with Gasteiger partial charge in [-0.25, -0.2) is 4.98 Å². The molecule has 152 valence electrons. The van der Waals surface area contributed by atoms with Crippen LogP contribution in [0.25, 0.3) is 11.3 Å². The van der Waals surface area contributed by atoms with Gasteiger partial charge in [-0.15, -0.1) is 0 Å². The summed E-state index contributed by atoms with van der Waals surface area (Å²) in [6.45, 7) is 3.25. The van der Waals surface area contributed by atoms with Gasteiger partial charge >= 0.3 is 0 Å². The number of nitrogens with one attached hydrogen (secondary N) is 1. The highest BCUT2D eigenvalue weighted by Crippen LogP contribution is 2.19. The molecule has 0 spiro atoms. The second kappa shape index (κ2) is 8.84. The summed E-state index contributed by atoms with van der Waals surface area (Å²) in [5.41, 5.74) is 2.95. The van der Waals surface area contributed by atoms with Crippen LogP contribution in [-0.2, 0) is 0 Å². The number of amides is 2. The number of carbonyl (C=O) groups is 2. The van der Waals surface area contributed by atoms with E-state index in [1.807, 2.05) is 47.4 Å². The van der Waals surface area contributed by atoms with E-state index in [0.717, 1.165) is 31.7 Å². The lowest BCUT2D eigenvalue weighted by atomic mass is 10.1. The van der Waals surface area contributed by atoms with Crippen molar-refractivity contribution in [3.63, 3.8) is 0 Å². The predicted octanol–water partition coefficient (Wildman–Crippen LogP) is 2.78. The third-order valence-corrected chi connectivity index (χ3v) is 5.12. The first-order valence-corrected chi connectivity index (χ1v) is 9.87. The topological polar surface area (TPSA) is 78.4 Å². The molecule has 1 saturated heterocycles. The van der Waals surface area contributed by atoms with E-state index >= 15 is 0 Å². The largest absolute Gasteiger partial charge is 0.336 e. The first-order chi connectivity index (χ1) is 14.6. The van der Waals surface area contributed by atoms with Crippen LogP contribution in [0.4, 0.5) is 5.69 Å². The van der Waals surface area contributed by atoms with Gasteiger partial charge in [-0.1, -0.05) is 30.3 Å². The van der Waals surface area contributed by atoms with Crippen molar-refractivity contribution in [3.05, 3.63) is 78.2 Å². The van der Waals surface area contributed by atoms with E-state index in [1.54, 1.807) is 18.3 Å². The highest BCUT2D eigenvalue weighted by molar-refractivity contribution is 6.03. The van der Waals surface area contributed by atoms with Gasteiger partial charge in [0.05, 0.1) is 18.1 Å². The minimum atomic E-state index is -0.322. The molecular formula is C23H23N5O2. The SMILES string of the molecule is CN1CCN(C(=O)c2ccc(-c3cncc(C(=O)Nc4ccccc4)n3)cc2)CC1. The summed E-state index contributed by atoms with van der Waals surface area (Å²) in [5.74, 6) is -0.283.